The number of ether oxygens (including phenoxy) is 1. The highest BCUT2D eigenvalue weighted by Crippen LogP contribution is 2.21. The van der Waals surface area contributed by atoms with Gasteiger partial charge in [-0.2, -0.15) is 4.80 Å². The molecule has 1 aliphatic heterocycles. The van der Waals surface area contributed by atoms with Crippen LogP contribution in [0, 0.1) is 0 Å². The van der Waals surface area contributed by atoms with Gasteiger partial charge in [0, 0.05) is 6.04 Å². The van der Waals surface area contributed by atoms with Crippen LogP contribution in [0.2, 0.25) is 0 Å². The quantitative estimate of drug-likeness (QED) is 0.710. The van der Waals surface area contributed by atoms with Crippen LogP contribution in [-0.4, -0.2) is 50.8 Å². The van der Waals surface area contributed by atoms with Gasteiger partial charge in [0.05, 0.1) is 27.1 Å². The first kappa shape index (κ1) is 12.9. The van der Waals surface area contributed by atoms with Gasteiger partial charge >= 0.3 is 5.97 Å². The normalized spacial score (nSPS) is 20.9. The molecule has 0 aromatic carbocycles. The van der Waals surface area contributed by atoms with E-state index in [0.29, 0.717) is 18.8 Å². The number of methoxy groups -OCH3 is 1. The number of tetrazole rings is 1. The molecule has 2 rings (SSSR count). The highest BCUT2D eigenvalue weighted by atomic mass is 16.5. The fourth-order valence-corrected chi connectivity index (χ4v) is 2.34. The van der Waals surface area contributed by atoms with Crippen molar-refractivity contribution < 1.29 is 9.53 Å². The largest absolute Gasteiger partial charge is 0.469 e. The highest BCUT2D eigenvalue weighted by Gasteiger charge is 2.26. The number of rotatable bonds is 4. The molecule has 0 saturated carbocycles. The summed E-state index contributed by atoms with van der Waals surface area (Å²) < 4.78 is 4.74. The Balaban J connectivity index is 1.96. The summed E-state index contributed by atoms with van der Waals surface area (Å²) in [6.45, 7) is 1.62. The molecule has 18 heavy (non-hydrogen) atoms. The molecule has 0 N–H and O–H groups in total. The summed E-state index contributed by atoms with van der Waals surface area (Å²) in [5, 5.41) is 12.0. The maximum atomic E-state index is 11.4. The third kappa shape index (κ3) is 3.25. The van der Waals surface area contributed by atoms with Gasteiger partial charge in [-0.15, -0.1) is 10.2 Å². The Morgan fingerprint density at radius 2 is 2.33 bits per heavy atom. The maximum Gasteiger partial charge on any atom is 0.307 e. The third-order valence-corrected chi connectivity index (χ3v) is 3.27. The zero-order valence-electron chi connectivity index (χ0n) is 10.9. The highest BCUT2D eigenvalue weighted by molar-refractivity contribution is 5.69. The minimum absolute atomic E-state index is 0.154. The average Bonchev–Trinajstić information content (AvgIpc) is 2.77. The summed E-state index contributed by atoms with van der Waals surface area (Å²) in [5.41, 5.74) is 0. The Morgan fingerprint density at radius 1 is 1.50 bits per heavy atom. The minimum Gasteiger partial charge on any atom is -0.469 e. The molecule has 0 aliphatic carbocycles. The van der Waals surface area contributed by atoms with E-state index >= 15 is 0 Å². The second-order valence-corrected chi connectivity index (χ2v) is 4.60. The van der Waals surface area contributed by atoms with E-state index in [1.54, 1.807) is 7.05 Å². The monoisotopic (exact) mass is 253 g/mol. The van der Waals surface area contributed by atoms with Gasteiger partial charge in [-0.25, -0.2) is 0 Å². The van der Waals surface area contributed by atoms with Crippen LogP contribution in [0.3, 0.4) is 0 Å². The number of hydrogen-bond acceptors (Lipinski definition) is 6. The molecule has 7 nitrogen and oxygen atoms in total. The lowest BCUT2D eigenvalue weighted by molar-refractivity contribution is -0.142. The van der Waals surface area contributed by atoms with E-state index in [1.165, 1.54) is 11.9 Å². The van der Waals surface area contributed by atoms with Crippen LogP contribution in [0.4, 0.5) is 0 Å². The Bertz CT molecular complexity index is 406. The van der Waals surface area contributed by atoms with Crippen LogP contribution in [0.15, 0.2) is 0 Å². The van der Waals surface area contributed by atoms with Crippen molar-refractivity contribution in [1.29, 1.82) is 0 Å². The third-order valence-electron chi connectivity index (χ3n) is 3.27. The van der Waals surface area contributed by atoms with E-state index in [1.807, 2.05) is 0 Å². The van der Waals surface area contributed by atoms with Crippen molar-refractivity contribution in [2.75, 3.05) is 13.7 Å². The molecule has 1 unspecified atom stereocenters. The average molecular weight is 253 g/mol. The van der Waals surface area contributed by atoms with Crippen molar-refractivity contribution in [1.82, 2.24) is 25.1 Å². The van der Waals surface area contributed by atoms with Crippen molar-refractivity contribution in [3.8, 4) is 0 Å². The fourth-order valence-electron chi connectivity index (χ4n) is 2.34. The number of aryl methyl sites for hydroxylation is 1. The van der Waals surface area contributed by atoms with Gasteiger partial charge in [-0.05, 0) is 24.6 Å². The predicted molar refractivity (Wildman–Crippen MR) is 63.5 cm³/mol. The summed E-state index contributed by atoms with van der Waals surface area (Å²) in [5.74, 6) is 0.549. The standard InChI is InChI=1S/C11H19N5O2/c1-15-13-10(12-14-15)8-16-6-4-3-5-9(16)7-11(17)18-2/h9H,3-8H2,1-2H3. The number of nitrogens with zero attached hydrogens (tertiary/aromatic N) is 5. The first-order valence-electron chi connectivity index (χ1n) is 6.23. The molecule has 100 valence electrons. The lowest BCUT2D eigenvalue weighted by Crippen LogP contribution is -2.40. The number of likely N-dealkylation sites (tertiary alicyclic amines) is 1. The lowest BCUT2D eigenvalue weighted by atomic mass is 9.99. The predicted octanol–water partition coefficient (Wildman–Crippen LogP) is 0.128. The summed E-state index contributed by atoms with van der Waals surface area (Å²) >= 11 is 0. The van der Waals surface area contributed by atoms with Gasteiger partial charge in [0.2, 0.25) is 0 Å². The zero-order chi connectivity index (χ0) is 13.0. The summed E-state index contributed by atoms with van der Waals surface area (Å²) in [4.78, 5) is 15.1. The lowest BCUT2D eigenvalue weighted by Gasteiger charge is -2.34. The molecule has 7 heteroatoms. The summed E-state index contributed by atoms with van der Waals surface area (Å²) in [6, 6.07) is 0.231. The van der Waals surface area contributed by atoms with E-state index in [9.17, 15) is 4.79 Å². The van der Waals surface area contributed by atoms with E-state index in [-0.39, 0.29) is 12.0 Å². The molecule has 1 atom stereocenters. The van der Waals surface area contributed by atoms with Crippen molar-refractivity contribution in [3.63, 3.8) is 0 Å². The molecule has 0 radical (unpaired) electrons. The van der Waals surface area contributed by atoms with Crippen LogP contribution in [0.5, 0.6) is 0 Å². The Kier molecular flexibility index (Phi) is 4.24. The van der Waals surface area contributed by atoms with Gasteiger partial charge < -0.3 is 4.74 Å². The maximum absolute atomic E-state index is 11.4. The van der Waals surface area contributed by atoms with Crippen LogP contribution in [0.25, 0.3) is 0 Å². The van der Waals surface area contributed by atoms with Crippen LogP contribution < -0.4 is 0 Å². The number of carbonyl (C=O) groups is 1. The summed E-state index contributed by atoms with van der Waals surface area (Å²) in [7, 11) is 3.18. The van der Waals surface area contributed by atoms with E-state index in [2.05, 4.69) is 20.3 Å². The topological polar surface area (TPSA) is 73.1 Å². The first-order chi connectivity index (χ1) is 8.69. The van der Waals surface area contributed by atoms with E-state index in [4.69, 9.17) is 4.74 Å². The molecule has 0 bridgehead atoms. The number of carbonyl (C=O) groups excluding carboxylic acids is 1. The SMILES string of the molecule is COC(=O)CC1CCCCN1Cc1nnn(C)n1. The molecule has 1 aromatic heterocycles. The number of esters is 1. The van der Waals surface area contributed by atoms with Gasteiger partial charge in [-0.3, -0.25) is 9.69 Å². The Morgan fingerprint density at radius 3 is 3.00 bits per heavy atom. The van der Waals surface area contributed by atoms with Crippen molar-refractivity contribution in [3.05, 3.63) is 5.82 Å². The van der Waals surface area contributed by atoms with Crippen LogP contribution in [-0.2, 0) is 23.1 Å². The minimum atomic E-state index is -0.154. The van der Waals surface area contributed by atoms with Gasteiger partial charge in [0.15, 0.2) is 5.82 Å². The fraction of sp³-hybridized carbons (Fsp3) is 0.818. The second kappa shape index (κ2) is 5.90. The van der Waals surface area contributed by atoms with Gasteiger partial charge in [-0.1, -0.05) is 6.42 Å². The van der Waals surface area contributed by atoms with Gasteiger partial charge in [0.1, 0.15) is 0 Å². The molecule has 2 heterocycles. The van der Waals surface area contributed by atoms with Crippen molar-refractivity contribution in [2.24, 2.45) is 7.05 Å². The molecular formula is C11H19N5O2. The molecule has 0 amide bonds. The molecule has 0 spiro atoms. The van der Waals surface area contributed by atoms with Crippen LogP contribution in [0.1, 0.15) is 31.5 Å². The van der Waals surface area contributed by atoms with Crippen molar-refractivity contribution >= 4 is 5.97 Å². The smallest absolute Gasteiger partial charge is 0.307 e. The molecule has 1 aliphatic rings. The molecular weight excluding hydrogens is 234 g/mol. The number of hydrogen-bond donors (Lipinski definition) is 0. The second-order valence-electron chi connectivity index (χ2n) is 4.60. The molecule has 1 aromatic rings. The van der Waals surface area contributed by atoms with Crippen LogP contribution >= 0.6 is 0 Å². The first-order valence-corrected chi connectivity index (χ1v) is 6.23. The zero-order valence-corrected chi connectivity index (χ0v) is 10.9. The summed E-state index contributed by atoms with van der Waals surface area (Å²) in [6.07, 6.45) is 3.77. The van der Waals surface area contributed by atoms with Crippen molar-refractivity contribution in [2.45, 2.75) is 38.3 Å². The van der Waals surface area contributed by atoms with Gasteiger partial charge in [0.25, 0.3) is 0 Å². The molecule has 1 fully saturated rings. The van der Waals surface area contributed by atoms with E-state index < -0.39 is 0 Å². The number of piperidine rings is 1. The Hall–Kier alpha value is -1.50. The Labute approximate surface area is 106 Å². The molecule has 1 saturated heterocycles. The van der Waals surface area contributed by atoms with E-state index in [0.717, 1.165) is 25.8 Å². The number of aromatic nitrogens is 4.